The number of anilines is 1. The van der Waals surface area contributed by atoms with E-state index in [0.717, 1.165) is 50.8 Å². The zero-order valence-corrected chi connectivity index (χ0v) is 15.1. The van der Waals surface area contributed by atoms with Gasteiger partial charge >= 0.3 is 6.03 Å². The van der Waals surface area contributed by atoms with Gasteiger partial charge in [0, 0.05) is 36.7 Å². The minimum absolute atomic E-state index is 0.234. The van der Waals surface area contributed by atoms with Gasteiger partial charge in [-0.3, -0.25) is 9.88 Å². The molecule has 134 valence electrons. The number of carbonyl (C=O) groups excluding carboxylic acids is 1. The number of amides is 2. The van der Waals surface area contributed by atoms with E-state index in [-0.39, 0.29) is 6.03 Å². The van der Waals surface area contributed by atoms with E-state index in [1.54, 1.807) is 0 Å². The number of benzene rings is 1. The number of pyridine rings is 1. The highest BCUT2D eigenvalue weighted by Gasteiger charge is 2.45. The average Bonchev–Trinajstić information content (AvgIpc) is 2.97. The third-order valence-electron chi connectivity index (χ3n) is 6.47. The van der Waals surface area contributed by atoms with E-state index in [2.05, 4.69) is 46.3 Å². The number of nitrogens with zero attached hydrogens (tertiary/aromatic N) is 3. The Morgan fingerprint density at radius 2 is 1.73 bits per heavy atom. The molecule has 26 heavy (non-hydrogen) atoms. The third kappa shape index (κ3) is 2.59. The average molecular weight is 347 g/mol. The van der Waals surface area contributed by atoms with Crippen LogP contribution in [0.25, 0.3) is 0 Å². The molecule has 1 aromatic heterocycles. The Hall–Kier alpha value is -2.36. The predicted molar refractivity (Wildman–Crippen MR) is 102 cm³/mol. The number of hydrogen-bond donors (Lipinski definition) is 0. The monoisotopic (exact) mass is 347 g/mol. The van der Waals surface area contributed by atoms with Crippen molar-refractivity contribution in [3.05, 3.63) is 59.9 Å². The number of fused-ring (bicyclic) bond motifs is 3. The lowest BCUT2D eigenvalue weighted by Crippen LogP contribution is -2.53. The number of piperidine rings is 1. The molecule has 2 atom stereocenters. The molecule has 4 nitrogen and oxygen atoms in total. The van der Waals surface area contributed by atoms with Crippen molar-refractivity contribution in [1.29, 1.82) is 0 Å². The minimum Gasteiger partial charge on any atom is -0.318 e. The second-order valence-corrected chi connectivity index (χ2v) is 7.91. The molecule has 2 aromatic rings. The standard InChI is InChI=1S/C22H25N3O/c26-22(24-13-3-5-17-4-1-2-6-21(17)24)25-19-7-8-20(25)15-18(14-19)16-9-11-23-12-10-16/h1-2,4,6,9-12,18-20H,3,5,7-8,13-15H2. The summed E-state index contributed by atoms with van der Waals surface area (Å²) in [7, 11) is 0. The van der Waals surface area contributed by atoms with Gasteiger partial charge in [-0.1, -0.05) is 18.2 Å². The molecule has 5 rings (SSSR count). The molecule has 2 bridgehead atoms. The lowest BCUT2D eigenvalue weighted by atomic mass is 9.85. The van der Waals surface area contributed by atoms with Gasteiger partial charge in [0.2, 0.25) is 0 Å². The molecule has 2 unspecified atom stereocenters. The fourth-order valence-electron chi connectivity index (χ4n) is 5.27. The number of rotatable bonds is 1. The first kappa shape index (κ1) is 15.9. The molecule has 3 aliphatic heterocycles. The van der Waals surface area contributed by atoms with Crippen molar-refractivity contribution in [3.63, 3.8) is 0 Å². The maximum absolute atomic E-state index is 13.5. The first-order chi connectivity index (χ1) is 12.8. The molecule has 1 aromatic carbocycles. The van der Waals surface area contributed by atoms with Crippen LogP contribution >= 0.6 is 0 Å². The van der Waals surface area contributed by atoms with Crippen LogP contribution in [-0.2, 0) is 6.42 Å². The SMILES string of the molecule is O=C(N1CCCc2ccccc21)N1C2CCC1CC(c1ccncc1)C2. The molecular weight excluding hydrogens is 322 g/mol. The van der Waals surface area contributed by atoms with E-state index in [1.165, 1.54) is 11.1 Å². The van der Waals surface area contributed by atoms with Crippen LogP contribution < -0.4 is 4.90 Å². The summed E-state index contributed by atoms with van der Waals surface area (Å²) in [6, 6.07) is 13.7. The number of carbonyl (C=O) groups is 1. The van der Waals surface area contributed by atoms with E-state index in [9.17, 15) is 4.79 Å². The quantitative estimate of drug-likeness (QED) is 0.768. The molecule has 2 fully saturated rings. The number of aryl methyl sites for hydroxylation is 1. The van der Waals surface area contributed by atoms with Gasteiger partial charge < -0.3 is 4.90 Å². The second-order valence-electron chi connectivity index (χ2n) is 7.91. The largest absolute Gasteiger partial charge is 0.324 e. The molecule has 0 aliphatic carbocycles. The van der Waals surface area contributed by atoms with E-state index < -0.39 is 0 Å². The first-order valence-electron chi connectivity index (χ1n) is 9.89. The Bertz CT molecular complexity index is 792. The smallest absolute Gasteiger partial charge is 0.318 e. The molecular formula is C22H25N3O. The van der Waals surface area contributed by atoms with Gasteiger partial charge in [-0.15, -0.1) is 0 Å². The van der Waals surface area contributed by atoms with Crippen molar-refractivity contribution in [2.24, 2.45) is 0 Å². The Labute approximate surface area is 154 Å². The summed E-state index contributed by atoms with van der Waals surface area (Å²) in [6.45, 7) is 0.847. The summed E-state index contributed by atoms with van der Waals surface area (Å²) in [5.74, 6) is 0.563. The summed E-state index contributed by atoms with van der Waals surface area (Å²) in [5.41, 5.74) is 3.82. The Balaban J connectivity index is 1.38. The van der Waals surface area contributed by atoms with Crippen LogP contribution in [0, 0.1) is 0 Å². The summed E-state index contributed by atoms with van der Waals surface area (Å²) in [6.07, 6.45) is 10.4. The highest BCUT2D eigenvalue weighted by molar-refractivity contribution is 5.94. The Morgan fingerprint density at radius 1 is 1.00 bits per heavy atom. The lowest BCUT2D eigenvalue weighted by molar-refractivity contribution is 0.143. The lowest BCUT2D eigenvalue weighted by Gasteiger charge is -2.42. The van der Waals surface area contributed by atoms with E-state index in [1.807, 2.05) is 17.3 Å². The Kier molecular flexibility index (Phi) is 3.92. The van der Waals surface area contributed by atoms with E-state index in [0.29, 0.717) is 18.0 Å². The van der Waals surface area contributed by atoms with Crippen molar-refractivity contribution in [2.45, 2.75) is 56.5 Å². The van der Waals surface area contributed by atoms with Crippen molar-refractivity contribution in [3.8, 4) is 0 Å². The number of hydrogen-bond acceptors (Lipinski definition) is 2. The van der Waals surface area contributed by atoms with Crippen molar-refractivity contribution < 1.29 is 4.79 Å². The summed E-state index contributed by atoms with van der Waals surface area (Å²) in [4.78, 5) is 21.9. The van der Waals surface area contributed by atoms with Gasteiger partial charge in [0.1, 0.15) is 0 Å². The van der Waals surface area contributed by atoms with Gasteiger partial charge in [0.05, 0.1) is 0 Å². The van der Waals surface area contributed by atoms with Crippen LogP contribution in [0.1, 0.15) is 49.1 Å². The zero-order valence-electron chi connectivity index (χ0n) is 15.1. The van der Waals surface area contributed by atoms with E-state index >= 15 is 0 Å². The van der Waals surface area contributed by atoms with Crippen LogP contribution in [0.4, 0.5) is 10.5 Å². The van der Waals surface area contributed by atoms with Crippen molar-refractivity contribution in [1.82, 2.24) is 9.88 Å². The molecule has 0 radical (unpaired) electrons. The fourth-order valence-corrected chi connectivity index (χ4v) is 5.27. The fraction of sp³-hybridized carbons (Fsp3) is 0.455. The van der Waals surface area contributed by atoms with Gasteiger partial charge in [0.15, 0.2) is 0 Å². The maximum atomic E-state index is 13.5. The summed E-state index contributed by atoms with van der Waals surface area (Å²) >= 11 is 0. The molecule has 0 N–H and O–H groups in total. The predicted octanol–water partition coefficient (Wildman–Crippen LogP) is 4.36. The van der Waals surface area contributed by atoms with Gasteiger partial charge in [0.25, 0.3) is 0 Å². The molecule has 2 amide bonds. The number of aromatic nitrogens is 1. The maximum Gasteiger partial charge on any atom is 0.324 e. The number of para-hydroxylation sites is 1. The molecule has 0 saturated carbocycles. The van der Waals surface area contributed by atoms with Crippen molar-refractivity contribution in [2.75, 3.05) is 11.4 Å². The third-order valence-corrected chi connectivity index (χ3v) is 6.47. The van der Waals surface area contributed by atoms with E-state index in [4.69, 9.17) is 0 Å². The Morgan fingerprint density at radius 3 is 2.50 bits per heavy atom. The topological polar surface area (TPSA) is 36.4 Å². The molecule has 0 spiro atoms. The highest BCUT2D eigenvalue weighted by Crippen LogP contribution is 2.44. The normalized spacial score (nSPS) is 27.3. The molecule has 2 saturated heterocycles. The van der Waals surface area contributed by atoms with Crippen LogP contribution in [0.15, 0.2) is 48.8 Å². The van der Waals surface area contributed by atoms with Crippen LogP contribution in [0.2, 0.25) is 0 Å². The van der Waals surface area contributed by atoms with Crippen LogP contribution in [0.3, 0.4) is 0 Å². The summed E-state index contributed by atoms with van der Waals surface area (Å²) in [5, 5.41) is 0. The van der Waals surface area contributed by atoms with Crippen LogP contribution in [-0.4, -0.2) is 34.5 Å². The molecule has 3 aliphatic rings. The highest BCUT2D eigenvalue weighted by atomic mass is 16.2. The minimum atomic E-state index is 0.234. The van der Waals surface area contributed by atoms with Crippen LogP contribution in [0.5, 0.6) is 0 Å². The van der Waals surface area contributed by atoms with Crippen molar-refractivity contribution >= 4 is 11.7 Å². The molecule has 4 heteroatoms. The first-order valence-corrected chi connectivity index (χ1v) is 9.89. The second kappa shape index (κ2) is 6.42. The van der Waals surface area contributed by atoms with Gasteiger partial charge in [-0.25, -0.2) is 4.79 Å². The van der Waals surface area contributed by atoms with Gasteiger partial charge in [-0.05, 0) is 73.8 Å². The molecule has 4 heterocycles. The zero-order chi connectivity index (χ0) is 17.5. The summed E-state index contributed by atoms with van der Waals surface area (Å²) < 4.78 is 0. The number of urea groups is 1. The van der Waals surface area contributed by atoms with Gasteiger partial charge in [-0.2, -0.15) is 0 Å².